The monoisotopic (exact) mass is 206 g/mol. The maximum Gasteiger partial charge on any atom is 0.437 e. The summed E-state index contributed by atoms with van der Waals surface area (Å²) in [6.45, 7) is -0.0346. The molecule has 0 aliphatic heterocycles. The molecule has 0 unspecified atom stereocenters. The lowest BCUT2D eigenvalue weighted by atomic mass is 10.2. The zero-order valence-corrected chi connectivity index (χ0v) is 7.43. The van der Waals surface area contributed by atoms with E-state index in [0.717, 1.165) is 7.11 Å². The Labute approximate surface area is 78.7 Å². The second-order valence-corrected chi connectivity index (χ2v) is 2.56. The highest BCUT2D eigenvalue weighted by atomic mass is 19.4. The molecule has 0 atom stereocenters. The van der Waals surface area contributed by atoms with E-state index < -0.39 is 11.9 Å². The summed E-state index contributed by atoms with van der Waals surface area (Å²) in [5.74, 6) is -0.297. The van der Waals surface area contributed by atoms with Crippen LogP contribution in [0.3, 0.4) is 0 Å². The Bertz CT molecular complexity index is 325. The van der Waals surface area contributed by atoms with Crippen LogP contribution in [0.25, 0.3) is 0 Å². The smallest absolute Gasteiger partial charge is 0.437 e. The second-order valence-electron chi connectivity index (χ2n) is 2.56. The molecule has 2 N–H and O–H groups in total. The number of ether oxygens (including phenoxy) is 1. The van der Waals surface area contributed by atoms with Crippen molar-refractivity contribution >= 4 is 0 Å². The number of halogens is 3. The van der Waals surface area contributed by atoms with Crippen LogP contribution < -0.4 is 10.5 Å². The molecule has 1 heterocycles. The fourth-order valence-corrected chi connectivity index (χ4v) is 0.968. The van der Waals surface area contributed by atoms with Gasteiger partial charge in [-0.15, -0.1) is 0 Å². The summed E-state index contributed by atoms with van der Waals surface area (Å²) in [7, 11) is 1.16. The van der Waals surface area contributed by atoms with Crippen molar-refractivity contribution in [1.82, 2.24) is 4.98 Å². The normalized spacial score (nSPS) is 11.5. The molecule has 1 aromatic heterocycles. The Morgan fingerprint density at radius 2 is 2.07 bits per heavy atom. The topological polar surface area (TPSA) is 48.1 Å². The first-order valence-corrected chi connectivity index (χ1v) is 3.80. The molecule has 6 heteroatoms. The van der Waals surface area contributed by atoms with Gasteiger partial charge in [0.1, 0.15) is 5.75 Å². The Morgan fingerprint density at radius 3 is 2.50 bits per heavy atom. The van der Waals surface area contributed by atoms with E-state index in [0.29, 0.717) is 0 Å². The molecular formula is C8H9F3N2O. The molecular weight excluding hydrogens is 197 g/mol. The number of nitrogens with zero attached hydrogens (tertiary/aromatic N) is 1. The van der Waals surface area contributed by atoms with Crippen molar-refractivity contribution < 1.29 is 17.9 Å². The van der Waals surface area contributed by atoms with Gasteiger partial charge in [0, 0.05) is 6.54 Å². The fourth-order valence-electron chi connectivity index (χ4n) is 0.968. The second kappa shape index (κ2) is 3.83. The third-order valence-corrected chi connectivity index (χ3v) is 1.61. The summed E-state index contributed by atoms with van der Waals surface area (Å²) >= 11 is 0. The van der Waals surface area contributed by atoms with E-state index >= 15 is 0 Å². The number of alkyl halides is 3. The van der Waals surface area contributed by atoms with E-state index in [-0.39, 0.29) is 18.0 Å². The van der Waals surface area contributed by atoms with Crippen molar-refractivity contribution in [3.63, 3.8) is 0 Å². The van der Waals surface area contributed by atoms with Crippen molar-refractivity contribution in [2.45, 2.75) is 12.7 Å². The Morgan fingerprint density at radius 1 is 1.43 bits per heavy atom. The molecule has 0 saturated heterocycles. The first-order valence-electron chi connectivity index (χ1n) is 3.80. The van der Waals surface area contributed by atoms with Crippen molar-refractivity contribution in [1.29, 1.82) is 0 Å². The first-order chi connectivity index (χ1) is 6.49. The average Bonchev–Trinajstić information content (AvgIpc) is 2.15. The number of rotatable bonds is 2. The lowest BCUT2D eigenvalue weighted by Gasteiger charge is -2.11. The van der Waals surface area contributed by atoms with Gasteiger partial charge in [0.25, 0.3) is 0 Å². The lowest BCUT2D eigenvalue weighted by molar-refractivity contribution is -0.142. The summed E-state index contributed by atoms with van der Waals surface area (Å²) in [6.07, 6.45) is -4.52. The van der Waals surface area contributed by atoms with E-state index in [1.165, 1.54) is 12.1 Å². The van der Waals surface area contributed by atoms with E-state index in [2.05, 4.69) is 9.72 Å². The molecule has 0 fully saturated rings. The summed E-state index contributed by atoms with van der Waals surface area (Å²) in [5.41, 5.74) is 4.32. The predicted molar refractivity (Wildman–Crippen MR) is 43.7 cm³/mol. The van der Waals surface area contributed by atoms with Crippen molar-refractivity contribution in [3.8, 4) is 5.75 Å². The zero-order chi connectivity index (χ0) is 10.8. The van der Waals surface area contributed by atoms with Crippen LogP contribution in [0.4, 0.5) is 13.2 Å². The Hall–Kier alpha value is -1.30. The number of hydrogen-bond donors (Lipinski definition) is 1. The van der Waals surface area contributed by atoms with Gasteiger partial charge in [-0.1, -0.05) is 0 Å². The number of pyridine rings is 1. The van der Waals surface area contributed by atoms with E-state index in [9.17, 15) is 13.2 Å². The highest BCUT2D eigenvalue weighted by molar-refractivity contribution is 5.31. The van der Waals surface area contributed by atoms with Crippen LogP contribution in [0.2, 0.25) is 0 Å². The number of aromatic nitrogens is 1. The van der Waals surface area contributed by atoms with Gasteiger partial charge >= 0.3 is 6.18 Å². The maximum absolute atomic E-state index is 12.4. The van der Waals surface area contributed by atoms with E-state index in [4.69, 9.17) is 5.73 Å². The van der Waals surface area contributed by atoms with Crippen molar-refractivity contribution in [2.24, 2.45) is 5.73 Å². The van der Waals surface area contributed by atoms with Gasteiger partial charge in [-0.05, 0) is 12.1 Å². The van der Waals surface area contributed by atoms with Gasteiger partial charge < -0.3 is 10.5 Å². The summed E-state index contributed by atoms with van der Waals surface area (Å²) in [6, 6.07) is 2.60. The molecule has 1 aromatic rings. The molecule has 0 amide bonds. The van der Waals surface area contributed by atoms with Crippen LogP contribution in [-0.2, 0) is 12.7 Å². The molecule has 0 bridgehead atoms. The molecule has 0 spiro atoms. The maximum atomic E-state index is 12.4. The Balaban J connectivity index is 3.22. The molecule has 0 aromatic carbocycles. The third-order valence-electron chi connectivity index (χ3n) is 1.61. The number of nitrogens with two attached hydrogens (primary N) is 1. The van der Waals surface area contributed by atoms with Gasteiger partial charge in [0.05, 0.1) is 12.8 Å². The van der Waals surface area contributed by atoms with Crippen molar-refractivity contribution in [3.05, 3.63) is 23.5 Å². The van der Waals surface area contributed by atoms with Gasteiger partial charge in [0.15, 0.2) is 5.69 Å². The third kappa shape index (κ3) is 2.14. The minimum absolute atomic E-state index is 0.0346. The van der Waals surface area contributed by atoms with Crippen LogP contribution in [-0.4, -0.2) is 12.1 Å². The highest BCUT2D eigenvalue weighted by Crippen LogP contribution is 2.34. The van der Waals surface area contributed by atoms with E-state index in [1.807, 2.05) is 0 Å². The van der Waals surface area contributed by atoms with E-state index in [1.54, 1.807) is 0 Å². The van der Waals surface area contributed by atoms with Crippen molar-refractivity contribution in [2.75, 3.05) is 7.11 Å². The quantitative estimate of drug-likeness (QED) is 0.798. The van der Waals surface area contributed by atoms with Gasteiger partial charge in [-0.3, -0.25) is 0 Å². The summed E-state index contributed by atoms with van der Waals surface area (Å²) in [4.78, 5) is 3.36. The minimum Gasteiger partial charge on any atom is -0.494 e. The lowest BCUT2D eigenvalue weighted by Crippen LogP contribution is -2.13. The Kier molecular flexibility index (Phi) is 2.95. The molecule has 78 valence electrons. The van der Waals surface area contributed by atoms with Gasteiger partial charge in [-0.2, -0.15) is 13.2 Å². The van der Waals surface area contributed by atoms with Crippen LogP contribution in [0.15, 0.2) is 12.1 Å². The first kappa shape index (κ1) is 10.8. The van der Waals surface area contributed by atoms with Gasteiger partial charge in [-0.25, -0.2) is 4.98 Å². The SMILES string of the molecule is COc1ccc(CN)nc1C(F)(F)F. The van der Waals surface area contributed by atoms with Gasteiger partial charge in [0.2, 0.25) is 0 Å². The summed E-state index contributed by atoms with van der Waals surface area (Å²) in [5, 5.41) is 0. The van der Waals surface area contributed by atoms with Crippen LogP contribution >= 0.6 is 0 Å². The van der Waals surface area contributed by atoms with Crippen LogP contribution in [0.5, 0.6) is 5.75 Å². The summed E-state index contributed by atoms with van der Waals surface area (Å²) < 4.78 is 41.7. The number of hydrogen-bond acceptors (Lipinski definition) is 3. The molecule has 3 nitrogen and oxygen atoms in total. The molecule has 0 aliphatic rings. The standard InChI is InChI=1S/C8H9F3N2O/c1-14-6-3-2-5(4-12)13-7(6)8(9,10)11/h2-3H,4,12H2,1H3. The largest absolute Gasteiger partial charge is 0.494 e. The molecule has 14 heavy (non-hydrogen) atoms. The van der Waals surface area contributed by atoms with Crippen LogP contribution in [0, 0.1) is 0 Å². The molecule has 1 rings (SSSR count). The zero-order valence-electron chi connectivity index (χ0n) is 7.43. The molecule has 0 aliphatic carbocycles. The highest BCUT2D eigenvalue weighted by Gasteiger charge is 2.36. The minimum atomic E-state index is -4.52. The van der Waals surface area contributed by atoms with Crippen LogP contribution in [0.1, 0.15) is 11.4 Å². The fraction of sp³-hybridized carbons (Fsp3) is 0.375. The number of methoxy groups -OCH3 is 1. The average molecular weight is 206 g/mol. The molecule has 0 saturated carbocycles. The predicted octanol–water partition coefficient (Wildman–Crippen LogP) is 1.57. The molecule has 0 radical (unpaired) electrons.